The van der Waals surface area contributed by atoms with E-state index in [1.165, 1.54) is 18.6 Å². The lowest BCUT2D eigenvalue weighted by Crippen LogP contribution is -2.76. The summed E-state index contributed by atoms with van der Waals surface area (Å²) in [4.78, 5) is 35.0. The molecule has 194 valence electrons. The largest absolute Gasteiger partial charge is 0.513 e. The maximum Gasteiger partial charge on any atom is 0.475 e. The van der Waals surface area contributed by atoms with Gasteiger partial charge in [0.05, 0.1) is 12.2 Å². The molecule has 3 heterocycles. The number of nitrogens with zero attached hydrogens (tertiary/aromatic N) is 3. The number of fused-ring (bicyclic) bond motifs is 1. The smallest absolute Gasteiger partial charge is 0.475 e. The molecule has 8 nitrogen and oxygen atoms in total. The summed E-state index contributed by atoms with van der Waals surface area (Å²) in [7, 11) is 2.23. The van der Waals surface area contributed by atoms with E-state index in [0.29, 0.717) is 32.0 Å². The van der Waals surface area contributed by atoms with Crippen molar-refractivity contribution in [1.82, 2.24) is 15.3 Å². The highest BCUT2D eigenvalue weighted by Gasteiger charge is 2.57. The molecule has 9 heteroatoms. The van der Waals surface area contributed by atoms with Crippen molar-refractivity contribution in [2.24, 2.45) is 5.92 Å². The van der Waals surface area contributed by atoms with Crippen LogP contribution in [0.2, 0.25) is 5.82 Å². The number of nitrogens with one attached hydrogen (secondary N) is 1. The summed E-state index contributed by atoms with van der Waals surface area (Å²) in [6.07, 6.45) is 7.94. The molecule has 2 fully saturated rings. The van der Waals surface area contributed by atoms with Crippen LogP contribution in [0.4, 0.5) is 0 Å². The molecule has 0 spiro atoms. The van der Waals surface area contributed by atoms with Gasteiger partial charge in [-0.05, 0) is 30.1 Å². The lowest BCUT2D eigenvalue weighted by Gasteiger charge is -2.64. The Labute approximate surface area is 214 Å². The quantitative estimate of drug-likeness (QED) is 0.509. The van der Waals surface area contributed by atoms with Gasteiger partial charge in [0, 0.05) is 58.6 Å². The number of Topliss-reactive ketones (excluding diaryl/α,β-unsaturated/α-hetero) is 1. The number of hydrogen-bond donors (Lipinski definition) is 1. The molecule has 0 radical (unpaired) electrons. The summed E-state index contributed by atoms with van der Waals surface area (Å²) >= 11 is 0. The number of aromatic nitrogens is 2. The molecule has 2 atom stereocenters. The predicted octanol–water partition coefficient (Wildman–Crippen LogP) is 3.42. The van der Waals surface area contributed by atoms with E-state index in [-0.39, 0.29) is 17.3 Å². The molecule has 1 aromatic heterocycles. The van der Waals surface area contributed by atoms with E-state index >= 15 is 0 Å². The SMILES string of the molecule is CC(C)C[C@H](CC(=O)[C@H](Cc1ccccc1)NC(=O)c1cnccn1)[B-]12OCCC[N+]1(C)CCCO2. The predicted molar refractivity (Wildman–Crippen MR) is 139 cm³/mol. The number of benzene rings is 1. The minimum absolute atomic E-state index is 0.00658. The summed E-state index contributed by atoms with van der Waals surface area (Å²) < 4.78 is 13.8. The first-order valence-corrected chi connectivity index (χ1v) is 13.2. The van der Waals surface area contributed by atoms with Crippen LogP contribution in [0.5, 0.6) is 0 Å². The van der Waals surface area contributed by atoms with Crippen molar-refractivity contribution in [3.8, 4) is 0 Å². The van der Waals surface area contributed by atoms with Gasteiger partial charge >= 0.3 is 6.69 Å². The first-order valence-electron chi connectivity index (χ1n) is 13.2. The molecule has 2 aromatic rings. The molecule has 0 aliphatic carbocycles. The first kappa shape index (κ1) is 26.4. The van der Waals surface area contributed by atoms with Gasteiger partial charge in [0.1, 0.15) is 5.69 Å². The van der Waals surface area contributed by atoms with Gasteiger partial charge in [0.15, 0.2) is 5.78 Å². The molecule has 36 heavy (non-hydrogen) atoms. The Balaban J connectivity index is 1.60. The van der Waals surface area contributed by atoms with Crippen molar-refractivity contribution >= 4 is 18.4 Å². The molecule has 0 saturated carbocycles. The summed E-state index contributed by atoms with van der Waals surface area (Å²) in [6, 6.07) is 9.10. The van der Waals surface area contributed by atoms with Gasteiger partial charge < -0.3 is 19.0 Å². The average molecular weight is 494 g/mol. The highest BCUT2D eigenvalue weighted by atomic mass is 16.6. The Morgan fingerprint density at radius 3 is 2.39 bits per heavy atom. The standard InChI is InChI=1S/C27H39BN4O4/c1-21(2)17-23(28-32(3,13-7-15-35-28)14-8-16-36-28)19-26(33)24(18-22-9-5-4-6-10-22)31-27(34)25-20-29-11-12-30-25/h4-6,9-12,20-21,23-24H,7-8,13-19H2,1-3H3,(H,31,34)/t23-,24+,28?,32?/m1/s1. The van der Waals surface area contributed by atoms with Crippen LogP contribution in [-0.4, -0.2) is 72.1 Å². The second-order valence-corrected chi connectivity index (χ2v) is 11.0. The maximum atomic E-state index is 14.0. The monoisotopic (exact) mass is 494 g/mol. The number of amides is 1. The van der Waals surface area contributed by atoms with Gasteiger partial charge in [-0.1, -0.05) is 50.6 Å². The topological polar surface area (TPSA) is 90.4 Å². The fourth-order valence-electron chi connectivity index (χ4n) is 6.17. The minimum Gasteiger partial charge on any atom is -0.513 e. The van der Waals surface area contributed by atoms with Crippen LogP contribution in [0.25, 0.3) is 0 Å². The fraction of sp³-hybridized carbons (Fsp3) is 0.556. The molecule has 0 bridgehead atoms. The van der Waals surface area contributed by atoms with E-state index in [1.807, 2.05) is 30.3 Å². The van der Waals surface area contributed by atoms with Gasteiger partial charge in [-0.2, -0.15) is 0 Å². The maximum absolute atomic E-state index is 14.0. The highest BCUT2D eigenvalue weighted by molar-refractivity contribution is 6.62. The van der Waals surface area contributed by atoms with Gasteiger partial charge in [-0.25, -0.2) is 4.98 Å². The molecule has 4 rings (SSSR count). The number of ketones is 1. The molecule has 2 saturated heterocycles. The normalized spacial score (nSPS) is 25.6. The van der Waals surface area contributed by atoms with Crippen molar-refractivity contribution < 1.29 is 23.3 Å². The minimum atomic E-state index is -1.69. The third-order valence-corrected chi connectivity index (χ3v) is 7.81. The van der Waals surface area contributed by atoms with Crippen LogP contribution in [0.3, 0.4) is 0 Å². The number of carbonyl (C=O) groups excluding carboxylic acids is 2. The number of rotatable bonds is 10. The zero-order valence-electron chi connectivity index (χ0n) is 21.8. The molecule has 1 amide bonds. The second kappa shape index (κ2) is 11.6. The van der Waals surface area contributed by atoms with Crippen LogP contribution < -0.4 is 5.32 Å². The molecule has 2 aliphatic rings. The molecule has 0 unspecified atom stereocenters. The first-order chi connectivity index (χ1) is 17.3. The van der Waals surface area contributed by atoms with E-state index in [9.17, 15) is 9.59 Å². The summed E-state index contributed by atoms with van der Waals surface area (Å²) in [5, 5.41) is 2.95. The van der Waals surface area contributed by atoms with Gasteiger partial charge in [0.2, 0.25) is 0 Å². The van der Waals surface area contributed by atoms with Gasteiger partial charge in [-0.3, -0.25) is 14.6 Å². The average Bonchev–Trinajstić information content (AvgIpc) is 2.88. The number of quaternary nitrogens is 1. The van der Waals surface area contributed by atoms with Crippen molar-refractivity contribution in [1.29, 1.82) is 0 Å². The van der Waals surface area contributed by atoms with Crippen LogP contribution in [0.1, 0.15) is 55.6 Å². The lowest BCUT2D eigenvalue weighted by atomic mass is 9.48. The van der Waals surface area contributed by atoms with Crippen molar-refractivity contribution in [3.63, 3.8) is 0 Å². The molecule has 1 N–H and O–H groups in total. The van der Waals surface area contributed by atoms with E-state index in [4.69, 9.17) is 9.31 Å². The number of hydrogen-bond acceptors (Lipinski definition) is 6. The van der Waals surface area contributed by atoms with E-state index < -0.39 is 18.6 Å². The lowest BCUT2D eigenvalue weighted by molar-refractivity contribution is -0.842. The fourth-order valence-corrected chi connectivity index (χ4v) is 6.17. The summed E-state index contributed by atoms with van der Waals surface area (Å²) in [6.45, 7) is 5.99. The van der Waals surface area contributed by atoms with Crippen molar-refractivity contribution in [2.45, 2.75) is 57.8 Å². The second-order valence-electron chi connectivity index (χ2n) is 11.0. The molecule has 1 aromatic carbocycles. The van der Waals surface area contributed by atoms with E-state index in [1.54, 1.807) is 0 Å². The third kappa shape index (κ3) is 5.85. The van der Waals surface area contributed by atoms with Crippen LogP contribution in [-0.2, 0) is 20.5 Å². The Bertz CT molecular complexity index is 1010. The molecular formula is C27H39BN4O4. The Morgan fingerprint density at radius 1 is 1.08 bits per heavy atom. The van der Waals surface area contributed by atoms with Crippen LogP contribution in [0, 0.1) is 5.92 Å². The molecular weight excluding hydrogens is 455 g/mol. The Morgan fingerprint density at radius 2 is 1.78 bits per heavy atom. The Hall–Kier alpha value is -2.62. The number of carbonyl (C=O) groups is 2. The van der Waals surface area contributed by atoms with E-state index in [0.717, 1.165) is 42.3 Å². The van der Waals surface area contributed by atoms with Crippen LogP contribution >= 0.6 is 0 Å². The summed E-state index contributed by atoms with van der Waals surface area (Å²) in [5.74, 6) is -0.0853. The third-order valence-electron chi connectivity index (χ3n) is 7.81. The molecule has 2 aliphatic heterocycles. The highest BCUT2D eigenvalue weighted by Crippen LogP contribution is 2.44. The zero-order valence-corrected chi connectivity index (χ0v) is 21.8. The summed E-state index contributed by atoms with van der Waals surface area (Å²) in [5.41, 5.74) is 1.18. The van der Waals surface area contributed by atoms with Gasteiger partial charge in [-0.15, -0.1) is 0 Å². The van der Waals surface area contributed by atoms with E-state index in [2.05, 4.69) is 36.2 Å². The van der Waals surface area contributed by atoms with Crippen molar-refractivity contribution in [3.05, 3.63) is 60.2 Å². The zero-order chi connectivity index (χ0) is 25.6. The van der Waals surface area contributed by atoms with Gasteiger partial charge in [0.25, 0.3) is 5.91 Å². The Kier molecular flexibility index (Phi) is 8.54. The van der Waals surface area contributed by atoms with Crippen LogP contribution in [0.15, 0.2) is 48.9 Å². The van der Waals surface area contributed by atoms with Crippen molar-refractivity contribution in [2.75, 3.05) is 33.4 Å².